The third-order valence-corrected chi connectivity index (χ3v) is 7.95. The lowest BCUT2D eigenvalue weighted by molar-refractivity contribution is 0.0680. The third kappa shape index (κ3) is 5.50. The molecule has 7 heteroatoms. The minimum atomic E-state index is -0.0968. The highest BCUT2D eigenvalue weighted by atomic mass is 16.5. The number of aromatic amines is 1. The summed E-state index contributed by atoms with van der Waals surface area (Å²) in [4.78, 5) is 25.7. The van der Waals surface area contributed by atoms with Crippen LogP contribution in [0.5, 0.6) is 11.5 Å². The second-order valence-electron chi connectivity index (χ2n) is 10.7. The van der Waals surface area contributed by atoms with Crippen LogP contribution in [-0.4, -0.2) is 71.6 Å². The Balaban J connectivity index is 1.47. The second-order valence-corrected chi connectivity index (χ2v) is 10.7. The van der Waals surface area contributed by atoms with Crippen LogP contribution in [0.2, 0.25) is 0 Å². The number of phenols is 1. The molecule has 0 spiro atoms. The molecule has 204 valence electrons. The van der Waals surface area contributed by atoms with Crippen LogP contribution in [0.3, 0.4) is 0 Å². The van der Waals surface area contributed by atoms with Gasteiger partial charge < -0.3 is 24.6 Å². The molecule has 0 atom stereocenters. The van der Waals surface area contributed by atoms with E-state index in [9.17, 15) is 9.90 Å². The number of nitrogens with zero attached hydrogens (tertiary/aromatic N) is 3. The maximum absolute atomic E-state index is 13.6. The number of nitrogens with one attached hydrogen (secondary N) is 1. The molecule has 0 aliphatic carbocycles. The number of hydrogen-bond acceptors (Lipinski definition) is 5. The first kappa shape index (κ1) is 26.8. The molecular weight excluding hydrogens is 488 g/mol. The first-order valence-electron chi connectivity index (χ1n) is 13.8. The summed E-state index contributed by atoms with van der Waals surface area (Å²) in [6.45, 7) is 4.51. The Kier molecular flexibility index (Phi) is 7.89. The summed E-state index contributed by atoms with van der Waals surface area (Å²) in [5.41, 5.74) is 5.66. The van der Waals surface area contributed by atoms with Gasteiger partial charge in [-0.15, -0.1) is 0 Å². The standard InChI is InChI=1S/C32H38N4O3/c1-5-22-16-23(17-27(30(22)37)32(38)36-14-11-21(12-15-36)10-13-35(2)3)24-18-26-28(20-34-31(26)33-19-24)25-8-6-7-9-29(25)39-4/h6-9,16-21,37H,5,10-15H2,1-4H3,(H,33,34). The molecule has 3 heterocycles. The average Bonchev–Trinajstić information content (AvgIpc) is 3.39. The van der Waals surface area contributed by atoms with E-state index in [1.54, 1.807) is 7.11 Å². The topological polar surface area (TPSA) is 81.7 Å². The molecule has 0 unspecified atom stereocenters. The van der Waals surface area contributed by atoms with Crippen LogP contribution in [0.25, 0.3) is 33.3 Å². The SMILES string of the molecule is CCc1cc(-c2cnc3[nH]cc(-c4ccccc4OC)c3c2)cc(C(=O)N2CCC(CCN(C)C)CC2)c1O. The van der Waals surface area contributed by atoms with Crippen LogP contribution in [0.4, 0.5) is 0 Å². The molecule has 1 fully saturated rings. The fraction of sp³-hybridized carbons (Fsp3) is 0.375. The minimum Gasteiger partial charge on any atom is -0.507 e. The number of piperidine rings is 1. The zero-order chi connectivity index (χ0) is 27.5. The van der Waals surface area contributed by atoms with Crippen LogP contribution >= 0.6 is 0 Å². The molecule has 1 saturated heterocycles. The van der Waals surface area contributed by atoms with E-state index in [1.807, 2.05) is 60.6 Å². The van der Waals surface area contributed by atoms with Crippen molar-refractivity contribution in [3.8, 4) is 33.8 Å². The molecule has 1 aliphatic rings. The number of likely N-dealkylation sites (tertiary alicyclic amines) is 1. The summed E-state index contributed by atoms with van der Waals surface area (Å²) < 4.78 is 5.60. The van der Waals surface area contributed by atoms with Crippen molar-refractivity contribution in [2.75, 3.05) is 40.8 Å². The van der Waals surface area contributed by atoms with Crippen molar-refractivity contribution in [2.24, 2.45) is 5.92 Å². The van der Waals surface area contributed by atoms with Gasteiger partial charge in [0.2, 0.25) is 0 Å². The molecule has 2 N–H and O–H groups in total. The van der Waals surface area contributed by atoms with Gasteiger partial charge in [-0.1, -0.05) is 25.1 Å². The lowest BCUT2D eigenvalue weighted by Gasteiger charge is -2.33. The number of para-hydroxylation sites is 1. The number of ether oxygens (including phenoxy) is 1. The molecule has 0 radical (unpaired) electrons. The highest BCUT2D eigenvalue weighted by molar-refractivity contribution is 6.00. The number of rotatable bonds is 8. The Morgan fingerprint density at radius 3 is 2.62 bits per heavy atom. The van der Waals surface area contributed by atoms with Crippen molar-refractivity contribution in [3.63, 3.8) is 0 Å². The molecule has 2 aromatic carbocycles. The average molecular weight is 527 g/mol. The van der Waals surface area contributed by atoms with E-state index in [0.29, 0.717) is 17.9 Å². The predicted octanol–water partition coefficient (Wildman–Crippen LogP) is 5.98. The Bertz CT molecular complexity index is 1470. The molecule has 7 nitrogen and oxygen atoms in total. The molecule has 39 heavy (non-hydrogen) atoms. The quantitative estimate of drug-likeness (QED) is 0.295. The summed E-state index contributed by atoms with van der Waals surface area (Å²) in [5.74, 6) is 1.42. The summed E-state index contributed by atoms with van der Waals surface area (Å²) >= 11 is 0. The molecule has 1 aliphatic heterocycles. The molecule has 2 aromatic heterocycles. The number of benzene rings is 2. The molecule has 4 aromatic rings. The number of pyridine rings is 1. The van der Waals surface area contributed by atoms with Crippen LogP contribution < -0.4 is 4.74 Å². The van der Waals surface area contributed by atoms with Crippen molar-refractivity contribution in [1.82, 2.24) is 19.8 Å². The first-order chi connectivity index (χ1) is 18.9. The fourth-order valence-corrected chi connectivity index (χ4v) is 5.58. The van der Waals surface area contributed by atoms with Gasteiger partial charge in [-0.3, -0.25) is 4.79 Å². The fourth-order valence-electron chi connectivity index (χ4n) is 5.58. The lowest BCUT2D eigenvalue weighted by Crippen LogP contribution is -2.39. The van der Waals surface area contributed by atoms with Crippen molar-refractivity contribution in [3.05, 3.63) is 66.0 Å². The van der Waals surface area contributed by atoms with Gasteiger partial charge >= 0.3 is 0 Å². The van der Waals surface area contributed by atoms with E-state index >= 15 is 0 Å². The van der Waals surface area contributed by atoms with Crippen molar-refractivity contribution in [1.29, 1.82) is 0 Å². The largest absolute Gasteiger partial charge is 0.507 e. The summed E-state index contributed by atoms with van der Waals surface area (Å²) in [5, 5.41) is 12.0. The summed E-state index contributed by atoms with van der Waals surface area (Å²) in [7, 11) is 5.87. The van der Waals surface area contributed by atoms with Gasteiger partial charge in [0.05, 0.1) is 12.7 Å². The van der Waals surface area contributed by atoms with E-state index in [-0.39, 0.29) is 11.7 Å². The number of methoxy groups -OCH3 is 1. The van der Waals surface area contributed by atoms with Gasteiger partial charge in [0.25, 0.3) is 5.91 Å². The predicted molar refractivity (Wildman–Crippen MR) is 156 cm³/mol. The zero-order valence-electron chi connectivity index (χ0n) is 23.3. The highest BCUT2D eigenvalue weighted by Crippen LogP contribution is 2.37. The van der Waals surface area contributed by atoms with Crippen LogP contribution in [0.1, 0.15) is 42.1 Å². The van der Waals surface area contributed by atoms with E-state index in [1.165, 1.54) is 0 Å². The van der Waals surface area contributed by atoms with E-state index < -0.39 is 0 Å². The number of aryl methyl sites for hydroxylation is 1. The molecule has 0 bridgehead atoms. The van der Waals surface area contributed by atoms with Gasteiger partial charge in [-0.25, -0.2) is 4.98 Å². The Hall–Kier alpha value is -3.84. The van der Waals surface area contributed by atoms with Crippen molar-refractivity contribution >= 4 is 16.9 Å². The van der Waals surface area contributed by atoms with Crippen LogP contribution in [-0.2, 0) is 6.42 Å². The lowest BCUT2D eigenvalue weighted by atomic mass is 9.92. The number of hydrogen-bond donors (Lipinski definition) is 2. The second kappa shape index (κ2) is 11.5. The third-order valence-electron chi connectivity index (χ3n) is 7.95. The smallest absolute Gasteiger partial charge is 0.257 e. The molecular formula is C32H38N4O3. The highest BCUT2D eigenvalue weighted by Gasteiger charge is 2.26. The van der Waals surface area contributed by atoms with Gasteiger partial charge in [0, 0.05) is 47.6 Å². The number of fused-ring (bicyclic) bond motifs is 1. The van der Waals surface area contributed by atoms with E-state index in [4.69, 9.17) is 4.74 Å². The van der Waals surface area contributed by atoms with Crippen LogP contribution in [0.15, 0.2) is 54.9 Å². The number of aromatic hydroxyl groups is 1. The van der Waals surface area contributed by atoms with E-state index in [0.717, 1.165) is 83.5 Å². The molecule has 5 rings (SSSR count). The summed E-state index contributed by atoms with van der Waals surface area (Å²) in [6, 6.07) is 13.8. The number of phenolic OH excluding ortho intramolecular Hbond substituents is 1. The normalized spacial score (nSPS) is 14.3. The minimum absolute atomic E-state index is 0.0892. The van der Waals surface area contributed by atoms with Gasteiger partial charge in [-0.2, -0.15) is 0 Å². The zero-order valence-corrected chi connectivity index (χ0v) is 23.3. The Morgan fingerprint density at radius 1 is 1.13 bits per heavy atom. The van der Waals surface area contributed by atoms with Crippen molar-refractivity contribution < 1.29 is 14.6 Å². The number of amides is 1. The number of aromatic nitrogens is 2. The van der Waals surface area contributed by atoms with E-state index in [2.05, 4.69) is 35.0 Å². The molecule has 1 amide bonds. The monoisotopic (exact) mass is 526 g/mol. The number of carbonyl (C=O) groups is 1. The van der Waals surface area contributed by atoms with Gasteiger partial charge in [-0.05, 0) is 87.6 Å². The van der Waals surface area contributed by atoms with Crippen LogP contribution in [0, 0.1) is 5.92 Å². The molecule has 0 saturated carbocycles. The summed E-state index contributed by atoms with van der Waals surface area (Å²) in [6.07, 6.45) is 7.55. The first-order valence-corrected chi connectivity index (χ1v) is 13.8. The van der Waals surface area contributed by atoms with Gasteiger partial charge in [0.1, 0.15) is 17.1 Å². The van der Waals surface area contributed by atoms with Gasteiger partial charge in [0.15, 0.2) is 0 Å². The maximum Gasteiger partial charge on any atom is 0.257 e. The Labute approximate surface area is 230 Å². The number of carbonyl (C=O) groups excluding carboxylic acids is 1. The Morgan fingerprint density at radius 2 is 1.90 bits per heavy atom. The van der Waals surface area contributed by atoms with Crippen molar-refractivity contribution in [2.45, 2.75) is 32.6 Å². The number of H-pyrrole nitrogens is 1. The maximum atomic E-state index is 13.6.